The maximum atomic E-state index is 7.28. The Balaban J connectivity index is 1.69. The van der Waals surface area contributed by atoms with Crippen LogP contribution in [0.15, 0.2) is 97.1 Å². The van der Waals surface area contributed by atoms with Crippen molar-refractivity contribution in [2.24, 2.45) is 0 Å². The third kappa shape index (κ3) is 11.3. The van der Waals surface area contributed by atoms with E-state index in [0.717, 1.165) is 124 Å². The van der Waals surface area contributed by atoms with Gasteiger partial charge in [-0.2, -0.15) is 0 Å². The topological polar surface area (TPSA) is 46.2 Å². The standard InChI is InChI=1S/C58H76O5P2/c1-15-33-55(7,8)45-37-46(56(9,10)34-16-2)53(62-64-60-48-31-23-27-41-25-19-21-29-43(41)48)51(39(45)5)52-40(6)50(59-58(13,14)36-18-4)38-47(57(11,12)35-17-3)54(52)63-65-61-49-32-24-28-42-26-20-22-30-44(42)49/h19-32,37-38,64-65H,15-18,33-36H2,1-14H3. The molecule has 0 saturated carbocycles. The van der Waals surface area contributed by atoms with Crippen LogP contribution >= 0.6 is 18.1 Å². The van der Waals surface area contributed by atoms with Crippen molar-refractivity contribution in [3.05, 3.63) is 125 Å². The molecule has 0 fully saturated rings. The highest BCUT2D eigenvalue weighted by Crippen LogP contribution is 2.56. The Kier molecular flexibility index (Phi) is 16.3. The number of hydrogen-bond acceptors (Lipinski definition) is 5. The van der Waals surface area contributed by atoms with Crippen LogP contribution in [0.4, 0.5) is 0 Å². The fourth-order valence-electron chi connectivity index (χ4n) is 10.1. The van der Waals surface area contributed by atoms with Crippen molar-refractivity contribution in [2.75, 3.05) is 0 Å². The van der Waals surface area contributed by atoms with Gasteiger partial charge in [-0.05, 0) is 110 Å². The van der Waals surface area contributed by atoms with E-state index in [9.17, 15) is 0 Å². The van der Waals surface area contributed by atoms with Gasteiger partial charge < -0.3 is 22.8 Å². The molecule has 0 heterocycles. The Bertz CT molecular complexity index is 2560. The first kappa shape index (κ1) is 50.1. The Morgan fingerprint density at radius 3 is 1.28 bits per heavy atom. The summed E-state index contributed by atoms with van der Waals surface area (Å²) in [6.45, 7) is 32.2. The summed E-state index contributed by atoms with van der Waals surface area (Å²) in [6, 6.07) is 33.9. The van der Waals surface area contributed by atoms with E-state index in [1.54, 1.807) is 0 Å². The SMILES string of the molecule is CCCC(C)(C)Oc1cc(C(C)(C)CCC)c(OPOc2cccc3ccccc23)c(-c2c(C)c(C(C)(C)CCC)cc(C(C)(C)CCC)c2OPOc2cccc3ccccc23)c1C. The summed E-state index contributed by atoms with van der Waals surface area (Å²) in [5.41, 5.74) is 6.81. The summed E-state index contributed by atoms with van der Waals surface area (Å²) in [7, 11) is -0.618. The van der Waals surface area contributed by atoms with Crippen molar-refractivity contribution in [3.8, 4) is 39.9 Å². The van der Waals surface area contributed by atoms with Gasteiger partial charge in [-0.1, -0.05) is 174 Å². The summed E-state index contributed by atoms with van der Waals surface area (Å²) >= 11 is 0. The molecule has 2 atom stereocenters. The molecular weight excluding hydrogens is 839 g/mol. The molecular formula is C58H76O5P2. The molecule has 0 bridgehead atoms. The maximum absolute atomic E-state index is 7.28. The average molecular weight is 915 g/mol. The monoisotopic (exact) mass is 915 g/mol. The van der Waals surface area contributed by atoms with Gasteiger partial charge >= 0.3 is 0 Å². The van der Waals surface area contributed by atoms with Gasteiger partial charge in [0.25, 0.3) is 18.1 Å². The lowest BCUT2D eigenvalue weighted by atomic mass is 9.70. The lowest BCUT2D eigenvalue weighted by Gasteiger charge is -2.37. The fourth-order valence-corrected chi connectivity index (χ4v) is 11.3. The number of rotatable bonds is 22. The molecule has 6 rings (SSSR count). The second-order valence-corrected chi connectivity index (χ2v) is 21.7. The lowest BCUT2D eigenvalue weighted by Crippen LogP contribution is -2.29. The molecule has 0 aliphatic carbocycles. The van der Waals surface area contributed by atoms with E-state index in [1.165, 1.54) is 16.7 Å². The molecule has 7 heteroatoms. The Labute approximate surface area is 395 Å². The van der Waals surface area contributed by atoms with Gasteiger partial charge in [-0.25, -0.2) is 0 Å². The molecule has 348 valence electrons. The van der Waals surface area contributed by atoms with E-state index in [-0.39, 0.29) is 34.3 Å². The zero-order valence-corrected chi connectivity index (χ0v) is 43.9. The fraction of sp³-hybridized carbons (Fsp3) is 0.448. The molecule has 0 aliphatic heterocycles. The Morgan fingerprint density at radius 2 is 0.815 bits per heavy atom. The molecule has 0 saturated heterocycles. The van der Waals surface area contributed by atoms with Crippen molar-refractivity contribution in [1.29, 1.82) is 0 Å². The van der Waals surface area contributed by atoms with Crippen LogP contribution in [-0.2, 0) is 16.2 Å². The maximum Gasteiger partial charge on any atom is 0.275 e. The van der Waals surface area contributed by atoms with Crippen LogP contribution in [0, 0.1) is 13.8 Å². The number of hydrogen-bond donors (Lipinski definition) is 0. The average Bonchev–Trinajstić information content (AvgIpc) is 3.25. The summed E-state index contributed by atoms with van der Waals surface area (Å²) in [4.78, 5) is 0. The van der Waals surface area contributed by atoms with E-state index in [4.69, 9.17) is 22.8 Å². The van der Waals surface area contributed by atoms with Gasteiger partial charge in [0.2, 0.25) is 0 Å². The molecule has 6 aromatic carbocycles. The molecule has 0 spiro atoms. The summed E-state index contributed by atoms with van der Waals surface area (Å²) < 4.78 is 35.1. The van der Waals surface area contributed by atoms with Crippen LogP contribution in [0.5, 0.6) is 28.7 Å². The minimum atomic E-state index is -0.397. The Morgan fingerprint density at radius 1 is 0.415 bits per heavy atom. The lowest BCUT2D eigenvalue weighted by molar-refractivity contribution is 0.0974. The number of benzene rings is 6. The van der Waals surface area contributed by atoms with Gasteiger partial charge in [0.15, 0.2) is 0 Å². The van der Waals surface area contributed by atoms with Crippen molar-refractivity contribution < 1.29 is 22.8 Å². The van der Waals surface area contributed by atoms with E-state index >= 15 is 0 Å². The smallest absolute Gasteiger partial charge is 0.275 e. The zero-order chi connectivity index (χ0) is 47.2. The first-order chi connectivity index (χ1) is 30.9. The molecule has 2 unspecified atom stereocenters. The zero-order valence-electron chi connectivity index (χ0n) is 41.9. The van der Waals surface area contributed by atoms with Crippen LogP contribution in [0.2, 0.25) is 0 Å². The largest absolute Gasteiger partial charge is 0.488 e. The minimum Gasteiger partial charge on any atom is -0.488 e. The number of fused-ring (bicyclic) bond motifs is 2. The van der Waals surface area contributed by atoms with Gasteiger partial charge in [-0.3, -0.25) is 0 Å². The predicted molar refractivity (Wildman–Crippen MR) is 282 cm³/mol. The van der Waals surface area contributed by atoms with Crippen LogP contribution < -0.4 is 22.8 Å². The van der Waals surface area contributed by atoms with Crippen LogP contribution in [0.1, 0.15) is 162 Å². The summed E-state index contributed by atoms with van der Waals surface area (Å²) in [5, 5.41) is 4.38. The molecule has 65 heavy (non-hydrogen) atoms. The van der Waals surface area contributed by atoms with Gasteiger partial charge in [0, 0.05) is 38.6 Å². The van der Waals surface area contributed by atoms with Crippen molar-refractivity contribution in [3.63, 3.8) is 0 Å². The predicted octanol–water partition coefficient (Wildman–Crippen LogP) is 18.4. The van der Waals surface area contributed by atoms with E-state index in [2.05, 4.69) is 182 Å². The second-order valence-electron chi connectivity index (χ2n) is 20.6. The number of ether oxygens (including phenoxy) is 1. The molecule has 0 amide bonds. The van der Waals surface area contributed by atoms with E-state index in [1.807, 2.05) is 12.1 Å². The van der Waals surface area contributed by atoms with Gasteiger partial charge in [-0.15, -0.1) is 0 Å². The first-order valence-corrected chi connectivity index (χ1v) is 25.7. The molecule has 0 aromatic heterocycles. The molecule has 5 nitrogen and oxygen atoms in total. The quantitative estimate of drug-likeness (QED) is 0.0635. The van der Waals surface area contributed by atoms with Gasteiger partial charge in [0.1, 0.15) is 34.3 Å². The molecule has 0 aliphatic rings. The van der Waals surface area contributed by atoms with Crippen LogP contribution in [0.25, 0.3) is 32.7 Å². The highest BCUT2D eigenvalue weighted by molar-refractivity contribution is 7.27. The third-order valence-corrected chi connectivity index (χ3v) is 14.6. The third-order valence-electron chi connectivity index (χ3n) is 13.4. The molecule has 0 radical (unpaired) electrons. The highest BCUT2D eigenvalue weighted by Gasteiger charge is 2.37. The van der Waals surface area contributed by atoms with Crippen LogP contribution in [0.3, 0.4) is 0 Å². The van der Waals surface area contributed by atoms with Gasteiger partial charge in [0.05, 0.1) is 0 Å². The van der Waals surface area contributed by atoms with E-state index in [0.29, 0.717) is 0 Å². The Hall–Kier alpha value is -4.30. The molecule has 0 N–H and O–H groups in total. The summed E-state index contributed by atoms with van der Waals surface area (Å²) in [5.74, 6) is 4.13. The summed E-state index contributed by atoms with van der Waals surface area (Å²) in [6.07, 6.45) is 8.03. The molecule has 6 aromatic rings. The minimum absolute atomic E-state index is 0.124. The second kappa shape index (κ2) is 21.1. The van der Waals surface area contributed by atoms with Crippen molar-refractivity contribution in [2.45, 2.75) is 170 Å². The van der Waals surface area contributed by atoms with Crippen molar-refractivity contribution in [1.82, 2.24) is 0 Å². The highest BCUT2D eigenvalue weighted by atomic mass is 31.1. The first-order valence-electron chi connectivity index (χ1n) is 24.1. The van der Waals surface area contributed by atoms with E-state index < -0.39 is 5.60 Å². The normalized spacial score (nSPS) is 12.8. The van der Waals surface area contributed by atoms with Crippen LogP contribution in [-0.4, -0.2) is 5.60 Å². The van der Waals surface area contributed by atoms with Crippen molar-refractivity contribution >= 4 is 39.6 Å².